The van der Waals surface area contributed by atoms with Crippen molar-refractivity contribution in [1.29, 1.82) is 0 Å². The third-order valence-electron chi connectivity index (χ3n) is 10.9. The first-order valence-electron chi connectivity index (χ1n) is 17.5. The van der Waals surface area contributed by atoms with Crippen molar-refractivity contribution < 1.29 is 13.2 Å². The maximum Gasteiger partial charge on any atom is 0.207 e. The van der Waals surface area contributed by atoms with Gasteiger partial charge in [-0.05, 0) is 71.8 Å². The Morgan fingerprint density at radius 1 is 0.660 bits per heavy atom. The molecule has 9 rings (SSSR count). The average Bonchev–Trinajstić information content (AvgIpc) is 3.79. The van der Waals surface area contributed by atoms with Crippen LogP contribution in [0.2, 0.25) is 0 Å². The van der Waals surface area contributed by atoms with Crippen LogP contribution in [0.3, 0.4) is 0 Å². The molecule has 4 aromatic carbocycles. The van der Waals surface area contributed by atoms with Gasteiger partial charge in [-0.2, -0.15) is 13.2 Å². The van der Waals surface area contributed by atoms with Crippen LogP contribution in [0.1, 0.15) is 40.5 Å². The number of rotatable bonds is 7. The molecule has 0 fully saturated rings. The van der Waals surface area contributed by atoms with E-state index in [4.69, 9.17) is 0 Å². The van der Waals surface area contributed by atoms with Gasteiger partial charge in [0.2, 0.25) is 17.9 Å². The van der Waals surface area contributed by atoms with Crippen LogP contribution in [0.25, 0.3) is 0 Å². The molecular formula is C41H39F3N6. The Balaban J connectivity index is 1.01. The molecule has 0 aliphatic carbocycles. The SMILES string of the molecule is FC1=CN(c2ccccc2)CN1CCc1cc2cc(c1)C1CC(CN3CN(c4ccccc4)C=C3F)c3ccccc3N3C=C(F)N(CC2)C13. The highest BCUT2D eigenvalue weighted by Gasteiger charge is 2.45. The Hall–Kier alpha value is -5.31. The molecule has 3 atom stereocenters. The fraction of sp³-hybridized carbons (Fsp3) is 0.268. The zero-order chi connectivity index (χ0) is 33.8. The summed E-state index contributed by atoms with van der Waals surface area (Å²) in [5.74, 6) is -0.754. The maximum absolute atomic E-state index is 15.8. The van der Waals surface area contributed by atoms with Gasteiger partial charge in [0, 0.05) is 48.5 Å². The van der Waals surface area contributed by atoms with Gasteiger partial charge in [0.25, 0.3) is 0 Å². The van der Waals surface area contributed by atoms with E-state index in [0.29, 0.717) is 45.8 Å². The van der Waals surface area contributed by atoms with E-state index in [0.717, 1.165) is 45.7 Å². The third kappa shape index (κ3) is 5.54. The predicted octanol–water partition coefficient (Wildman–Crippen LogP) is 8.37. The van der Waals surface area contributed by atoms with Gasteiger partial charge >= 0.3 is 0 Å². The van der Waals surface area contributed by atoms with Gasteiger partial charge in [-0.1, -0.05) is 72.8 Å². The number of anilines is 3. The summed E-state index contributed by atoms with van der Waals surface area (Å²) in [6.45, 7) is 2.49. The molecule has 5 heterocycles. The summed E-state index contributed by atoms with van der Waals surface area (Å²) in [5.41, 5.74) is 7.46. The molecule has 50 heavy (non-hydrogen) atoms. The van der Waals surface area contributed by atoms with Gasteiger partial charge in [0.1, 0.15) is 6.17 Å². The fourth-order valence-electron chi connectivity index (χ4n) is 8.46. The lowest BCUT2D eigenvalue weighted by molar-refractivity contribution is 0.190. The number of hydrogen-bond donors (Lipinski definition) is 0. The Kier molecular flexibility index (Phi) is 7.71. The molecule has 0 saturated carbocycles. The van der Waals surface area contributed by atoms with E-state index < -0.39 is 0 Å². The van der Waals surface area contributed by atoms with Gasteiger partial charge in [0.15, 0.2) is 0 Å². The van der Waals surface area contributed by atoms with Crippen LogP contribution >= 0.6 is 0 Å². The molecule has 9 heteroatoms. The third-order valence-corrected chi connectivity index (χ3v) is 10.9. The number of hydrogen-bond acceptors (Lipinski definition) is 6. The summed E-state index contributed by atoms with van der Waals surface area (Å²) in [6.07, 6.45) is 6.70. The van der Waals surface area contributed by atoms with E-state index in [-0.39, 0.29) is 35.9 Å². The number of fused-ring (bicyclic) bond motifs is 5. The Morgan fingerprint density at radius 3 is 2.06 bits per heavy atom. The van der Waals surface area contributed by atoms with Crippen molar-refractivity contribution in [2.75, 3.05) is 47.7 Å². The molecule has 0 N–H and O–H groups in total. The van der Waals surface area contributed by atoms with E-state index in [2.05, 4.69) is 35.2 Å². The van der Waals surface area contributed by atoms with E-state index in [1.54, 1.807) is 23.5 Å². The predicted molar refractivity (Wildman–Crippen MR) is 192 cm³/mol. The molecule has 2 bridgehead atoms. The lowest BCUT2D eigenvalue weighted by atomic mass is 9.81. The molecule has 0 amide bonds. The summed E-state index contributed by atoms with van der Waals surface area (Å²) < 4.78 is 46.6. The molecule has 0 aromatic heterocycles. The zero-order valence-electron chi connectivity index (χ0n) is 27.8. The highest BCUT2D eigenvalue weighted by molar-refractivity contribution is 5.62. The van der Waals surface area contributed by atoms with Crippen LogP contribution < -0.4 is 14.7 Å². The summed E-state index contributed by atoms with van der Waals surface area (Å²) in [7, 11) is 0. The van der Waals surface area contributed by atoms with Crippen LogP contribution in [0.15, 0.2) is 140 Å². The van der Waals surface area contributed by atoms with Crippen molar-refractivity contribution >= 4 is 17.1 Å². The number of nitrogens with zero attached hydrogens (tertiary/aromatic N) is 6. The van der Waals surface area contributed by atoms with E-state index >= 15 is 13.2 Å². The highest BCUT2D eigenvalue weighted by Crippen LogP contribution is 2.49. The zero-order valence-corrected chi connectivity index (χ0v) is 27.8. The second-order valence-corrected chi connectivity index (χ2v) is 13.9. The highest BCUT2D eigenvalue weighted by atomic mass is 19.1. The molecule has 5 aliphatic rings. The van der Waals surface area contributed by atoms with Crippen molar-refractivity contribution in [3.63, 3.8) is 0 Å². The Morgan fingerprint density at radius 2 is 1.32 bits per heavy atom. The Labute approximate surface area is 291 Å². The minimum absolute atomic E-state index is 0.00526. The van der Waals surface area contributed by atoms with Gasteiger partial charge in [0.05, 0.1) is 31.9 Å². The van der Waals surface area contributed by atoms with Gasteiger partial charge in [-0.15, -0.1) is 0 Å². The molecule has 0 saturated heterocycles. The van der Waals surface area contributed by atoms with Crippen LogP contribution in [0.4, 0.5) is 30.2 Å². The normalized spacial score (nSPS) is 22.5. The summed E-state index contributed by atoms with van der Waals surface area (Å²) in [6, 6.07) is 34.7. The monoisotopic (exact) mass is 672 g/mol. The van der Waals surface area contributed by atoms with Crippen molar-refractivity contribution in [1.82, 2.24) is 14.7 Å². The van der Waals surface area contributed by atoms with Gasteiger partial charge in [-0.3, -0.25) is 0 Å². The largest absolute Gasteiger partial charge is 0.329 e. The molecule has 4 aromatic rings. The van der Waals surface area contributed by atoms with Crippen LogP contribution in [-0.2, 0) is 12.8 Å². The van der Waals surface area contributed by atoms with E-state index in [1.807, 2.05) is 92.4 Å². The topological polar surface area (TPSA) is 19.4 Å². The van der Waals surface area contributed by atoms with Gasteiger partial charge < -0.3 is 29.4 Å². The standard InChI is InChI=1S/C41H39F3N6/c42-38-24-46(33-9-3-1-4-10-33)27-45(38)17-15-29-19-30-16-18-49-40(44)26-50-37-14-8-7-13-35(37)32(22-36(41(49)50)31(20-29)21-30)23-48-28-47(25-39(48)43)34-11-5-2-6-12-34/h1-14,19-21,24-26,32,36,41H,15-18,22-23,27-28H2. The van der Waals surface area contributed by atoms with Gasteiger partial charge in [-0.25, -0.2) is 0 Å². The lowest BCUT2D eigenvalue weighted by Crippen LogP contribution is -2.45. The number of halogens is 3. The second-order valence-electron chi connectivity index (χ2n) is 13.9. The summed E-state index contributed by atoms with van der Waals surface area (Å²) in [5, 5.41) is 0. The minimum Gasteiger partial charge on any atom is -0.329 e. The second kappa shape index (κ2) is 12.5. The van der Waals surface area contributed by atoms with Crippen LogP contribution in [0, 0.1) is 0 Å². The molecular weight excluding hydrogens is 633 g/mol. The van der Waals surface area contributed by atoms with Crippen molar-refractivity contribution in [2.45, 2.75) is 37.3 Å². The number of benzene rings is 4. The van der Waals surface area contributed by atoms with Crippen molar-refractivity contribution in [3.8, 4) is 0 Å². The summed E-state index contributed by atoms with van der Waals surface area (Å²) in [4.78, 5) is 11.5. The molecule has 0 spiro atoms. The number of para-hydroxylation sites is 3. The quantitative estimate of drug-likeness (QED) is 0.183. The smallest absolute Gasteiger partial charge is 0.207 e. The molecule has 3 unspecified atom stereocenters. The summed E-state index contributed by atoms with van der Waals surface area (Å²) >= 11 is 0. The molecule has 6 nitrogen and oxygen atoms in total. The lowest BCUT2D eigenvalue weighted by Gasteiger charge is -2.39. The first kappa shape index (κ1) is 30.7. The maximum atomic E-state index is 15.8. The minimum atomic E-state index is -0.250. The van der Waals surface area contributed by atoms with Crippen LogP contribution in [-0.4, -0.2) is 53.8 Å². The molecule has 5 aliphatic heterocycles. The fourth-order valence-corrected chi connectivity index (χ4v) is 8.46. The Bertz CT molecular complexity index is 1980. The van der Waals surface area contributed by atoms with Crippen molar-refractivity contribution in [3.05, 3.63) is 162 Å². The molecule has 254 valence electrons. The first-order chi connectivity index (χ1) is 24.5. The van der Waals surface area contributed by atoms with E-state index in [9.17, 15) is 0 Å². The van der Waals surface area contributed by atoms with Crippen molar-refractivity contribution in [2.24, 2.45) is 0 Å². The molecule has 0 radical (unpaired) electrons. The van der Waals surface area contributed by atoms with Crippen LogP contribution in [0.5, 0.6) is 0 Å². The first-order valence-corrected chi connectivity index (χ1v) is 17.5. The van der Waals surface area contributed by atoms with E-state index in [1.165, 1.54) is 0 Å². The average molecular weight is 673 g/mol.